The van der Waals surface area contributed by atoms with Gasteiger partial charge in [-0.2, -0.15) is 15.4 Å². The summed E-state index contributed by atoms with van der Waals surface area (Å²) >= 11 is 0. The van der Waals surface area contributed by atoms with Crippen molar-refractivity contribution in [3.05, 3.63) is 53.8 Å². The average molecular weight is 397 g/mol. The molecule has 0 unspecified atom stereocenters. The highest BCUT2D eigenvalue weighted by atomic mass is 19.1. The van der Waals surface area contributed by atoms with Crippen molar-refractivity contribution in [2.24, 2.45) is 0 Å². The fraction of sp³-hybridized carbons (Fsp3) is 0.300. The molecule has 0 radical (unpaired) electrons. The summed E-state index contributed by atoms with van der Waals surface area (Å²) in [7, 11) is 0. The normalized spacial score (nSPS) is 14.7. The summed E-state index contributed by atoms with van der Waals surface area (Å²) in [6.45, 7) is 1.87. The molecular formula is C20H20FN5O3. The molecule has 1 fully saturated rings. The summed E-state index contributed by atoms with van der Waals surface area (Å²) in [6.07, 6.45) is 0.681. The lowest BCUT2D eigenvalue weighted by Crippen LogP contribution is -2.39. The van der Waals surface area contributed by atoms with Crippen LogP contribution in [0.2, 0.25) is 0 Å². The molecule has 3 aromatic rings. The van der Waals surface area contributed by atoms with Gasteiger partial charge in [-0.1, -0.05) is 0 Å². The molecule has 2 heterocycles. The second kappa shape index (κ2) is 8.26. The summed E-state index contributed by atoms with van der Waals surface area (Å²) in [6, 6.07) is 10.7. The van der Waals surface area contributed by atoms with Crippen molar-refractivity contribution in [2.75, 3.05) is 32.8 Å². The van der Waals surface area contributed by atoms with Crippen LogP contribution in [-0.2, 0) is 4.79 Å². The molecule has 29 heavy (non-hydrogen) atoms. The molecule has 0 atom stereocenters. The quantitative estimate of drug-likeness (QED) is 0.726. The van der Waals surface area contributed by atoms with Crippen LogP contribution in [0.3, 0.4) is 0 Å². The van der Waals surface area contributed by atoms with Gasteiger partial charge < -0.3 is 14.5 Å². The van der Waals surface area contributed by atoms with Crippen molar-refractivity contribution < 1.29 is 18.7 Å². The van der Waals surface area contributed by atoms with E-state index in [-0.39, 0.29) is 24.2 Å². The van der Waals surface area contributed by atoms with Crippen molar-refractivity contribution in [1.82, 2.24) is 25.2 Å². The van der Waals surface area contributed by atoms with E-state index < -0.39 is 0 Å². The number of hydrogen-bond acceptors (Lipinski definition) is 5. The first-order valence-corrected chi connectivity index (χ1v) is 9.36. The predicted molar refractivity (Wildman–Crippen MR) is 103 cm³/mol. The molecule has 0 spiro atoms. The number of carbonyl (C=O) groups is 2. The number of benzene rings is 2. The van der Waals surface area contributed by atoms with Crippen molar-refractivity contribution in [2.45, 2.75) is 6.42 Å². The monoisotopic (exact) mass is 397 g/mol. The molecule has 8 nitrogen and oxygen atoms in total. The van der Waals surface area contributed by atoms with E-state index in [1.807, 2.05) is 0 Å². The van der Waals surface area contributed by atoms with Gasteiger partial charge in [0.15, 0.2) is 6.61 Å². The molecule has 4 rings (SSSR count). The standard InChI is InChI=1S/C20H20FN5O3/c21-15-3-5-16(6-4-15)29-13-19(27)25-8-1-9-26(11-10-25)20(28)14-2-7-17-18(12-14)23-24-22-17/h2-7,12H,1,8-11,13H2,(H,22,23,24). The second-order valence-corrected chi connectivity index (χ2v) is 6.80. The lowest BCUT2D eigenvalue weighted by Gasteiger charge is -2.22. The molecule has 0 bridgehead atoms. The van der Waals surface area contributed by atoms with Gasteiger partial charge in [0.25, 0.3) is 11.8 Å². The number of ether oxygens (including phenoxy) is 1. The Hall–Kier alpha value is -3.49. The molecular weight excluding hydrogens is 377 g/mol. The van der Waals surface area contributed by atoms with Gasteiger partial charge in [0.2, 0.25) is 0 Å². The first-order chi connectivity index (χ1) is 14.1. The highest BCUT2D eigenvalue weighted by molar-refractivity contribution is 5.97. The van der Waals surface area contributed by atoms with E-state index in [0.29, 0.717) is 54.9 Å². The van der Waals surface area contributed by atoms with Crippen LogP contribution in [0.5, 0.6) is 5.75 Å². The van der Waals surface area contributed by atoms with E-state index in [0.717, 1.165) is 0 Å². The molecule has 2 aromatic carbocycles. The number of amides is 2. The van der Waals surface area contributed by atoms with Crippen molar-refractivity contribution in [3.63, 3.8) is 0 Å². The van der Waals surface area contributed by atoms with E-state index >= 15 is 0 Å². The SMILES string of the molecule is O=C(COc1ccc(F)cc1)N1CCCN(C(=O)c2ccc3n[nH]nc3c2)CC1. The molecule has 0 saturated carbocycles. The van der Waals surface area contributed by atoms with Crippen LogP contribution in [0.15, 0.2) is 42.5 Å². The molecule has 2 amide bonds. The molecule has 0 aliphatic carbocycles. The number of aromatic amines is 1. The average Bonchev–Trinajstić information content (AvgIpc) is 3.07. The summed E-state index contributed by atoms with van der Waals surface area (Å²) in [5.74, 6) is -0.169. The summed E-state index contributed by atoms with van der Waals surface area (Å²) < 4.78 is 18.4. The maximum atomic E-state index is 12.9. The van der Waals surface area contributed by atoms with E-state index in [2.05, 4.69) is 15.4 Å². The van der Waals surface area contributed by atoms with Gasteiger partial charge in [-0.3, -0.25) is 9.59 Å². The molecule has 1 saturated heterocycles. The number of hydrogen-bond donors (Lipinski definition) is 1. The number of nitrogens with zero attached hydrogens (tertiary/aromatic N) is 4. The number of carbonyl (C=O) groups excluding carboxylic acids is 2. The fourth-order valence-electron chi connectivity index (χ4n) is 3.29. The van der Waals surface area contributed by atoms with Gasteiger partial charge >= 0.3 is 0 Å². The first-order valence-electron chi connectivity index (χ1n) is 9.36. The maximum absolute atomic E-state index is 12.9. The number of fused-ring (bicyclic) bond motifs is 1. The van der Waals surface area contributed by atoms with E-state index in [9.17, 15) is 14.0 Å². The smallest absolute Gasteiger partial charge is 0.260 e. The zero-order valence-electron chi connectivity index (χ0n) is 15.7. The van der Waals surface area contributed by atoms with Crippen LogP contribution in [-0.4, -0.2) is 69.8 Å². The minimum absolute atomic E-state index is 0.0910. The lowest BCUT2D eigenvalue weighted by atomic mass is 10.1. The Morgan fingerprint density at radius 3 is 2.52 bits per heavy atom. The van der Waals surface area contributed by atoms with Gasteiger partial charge in [0.05, 0.1) is 0 Å². The van der Waals surface area contributed by atoms with Gasteiger partial charge in [-0.25, -0.2) is 4.39 Å². The van der Waals surface area contributed by atoms with Gasteiger partial charge in [0.1, 0.15) is 22.6 Å². The fourth-order valence-corrected chi connectivity index (χ4v) is 3.29. The lowest BCUT2D eigenvalue weighted by molar-refractivity contribution is -0.133. The molecule has 1 N–H and O–H groups in total. The van der Waals surface area contributed by atoms with Gasteiger partial charge in [0, 0.05) is 31.7 Å². The zero-order chi connectivity index (χ0) is 20.2. The highest BCUT2D eigenvalue weighted by Crippen LogP contribution is 2.15. The van der Waals surface area contributed by atoms with E-state index in [1.54, 1.807) is 28.0 Å². The molecule has 1 aliphatic heterocycles. The Morgan fingerprint density at radius 2 is 1.69 bits per heavy atom. The zero-order valence-corrected chi connectivity index (χ0v) is 15.7. The Balaban J connectivity index is 1.33. The topological polar surface area (TPSA) is 91.4 Å². The van der Waals surface area contributed by atoms with Crippen molar-refractivity contribution >= 4 is 22.8 Å². The largest absolute Gasteiger partial charge is 0.484 e. The first kappa shape index (κ1) is 18.9. The summed E-state index contributed by atoms with van der Waals surface area (Å²) in [5.41, 5.74) is 1.89. The van der Waals surface area contributed by atoms with E-state index in [4.69, 9.17) is 4.74 Å². The Bertz CT molecular complexity index is 1020. The maximum Gasteiger partial charge on any atom is 0.260 e. The van der Waals surface area contributed by atoms with Crippen LogP contribution in [0.25, 0.3) is 11.0 Å². The van der Waals surface area contributed by atoms with Crippen molar-refractivity contribution in [1.29, 1.82) is 0 Å². The van der Waals surface area contributed by atoms with E-state index in [1.165, 1.54) is 24.3 Å². The third-order valence-electron chi connectivity index (χ3n) is 4.88. The van der Waals surface area contributed by atoms with Crippen molar-refractivity contribution in [3.8, 4) is 5.75 Å². The van der Waals surface area contributed by atoms with Crippen LogP contribution in [0, 0.1) is 5.82 Å². The van der Waals surface area contributed by atoms with Crippen LogP contribution in [0.4, 0.5) is 4.39 Å². The minimum Gasteiger partial charge on any atom is -0.484 e. The third-order valence-corrected chi connectivity index (χ3v) is 4.88. The second-order valence-electron chi connectivity index (χ2n) is 6.80. The number of aromatic nitrogens is 3. The number of halogens is 1. The van der Waals surface area contributed by atoms with Crippen LogP contribution in [0.1, 0.15) is 16.8 Å². The van der Waals surface area contributed by atoms with Crippen LogP contribution >= 0.6 is 0 Å². The van der Waals surface area contributed by atoms with Gasteiger partial charge in [-0.05, 0) is 48.9 Å². The van der Waals surface area contributed by atoms with Crippen LogP contribution < -0.4 is 4.74 Å². The highest BCUT2D eigenvalue weighted by Gasteiger charge is 2.23. The van der Waals surface area contributed by atoms with Gasteiger partial charge in [-0.15, -0.1) is 0 Å². The number of rotatable bonds is 4. The third kappa shape index (κ3) is 4.34. The molecule has 1 aromatic heterocycles. The Labute approximate surface area is 166 Å². The Morgan fingerprint density at radius 1 is 0.966 bits per heavy atom. The molecule has 9 heteroatoms. The molecule has 150 valence electrons. The predicted octanol–water partition coefficient (Wildman–Crippen LogP) is 1.85. The Kier molecular flexibility index (Phi) is 5.37. The summed E-state index contributed by atoms with van der Waals surface area (Å²) in [4.78, 5) is 28.7. The number of nitrogens with one attached hydrogen (secondary N) is 1. The minimum atomic E-state index is -0.358. The molecule has 1 aliphatic rings. The number of H-pyrrole nitrogens is 1. The summed E-state index contributed by atoms with van der Waals surface area (Å²) in [5, 5.41) is 10.5.